The summed E-state index contributed by atoms with van der Waals surface area (Å²) in [5, 5.41) is 14.4. The average Bonchev–Trinajstić information content (AvgIpc) is 3.33. The molecule has 0 aliphatic heterocycles. The highest BCUT2D eigenvalue weighted by Crippen LogP contribution is 2.25. The van der Waals surface area contributed by atoms with Crippen LogP contribution in [0.3, 0.4) is 0 Å². The number of fused-ring (bicyclic) bond motifs is 1. The lowest BCUT2D eigenvalue weighted by molar-refractivity contribution is -0.111. The van der Waals surface area contributed by atoms with Gasteiger partial charge in [0.1, 0.15) is 12.1 Å². The van der Waals surface area contributed by atoms with Gasteiger partial charge in [-0.1, -0.05) is 18.2 Å². The quantitative estimate of drug-likeness (QED) is 0.221. The summed E-state index contributed by atoms with van der Waals surface area (Å²) in [6.45, 7) is 0.673. The lowest BCUT2D eigenvalue weighted by Gasteiger charge is -2.10. The fourth-order valence-corrected chi connectivity index (χ4v) is 4.18. The molecule has 0 atom stereocenters. The highest BCUT2D eigenvalue weighted by Gasteiger charge is 2.09. The second-order valence-electron chi connectivity index (χ2n) is 9.76. The minimum atomic E-state index is -0.263. The van der Waals surface area contributed by atoms with Gasteiger partial charge < -0.3 is 20.9 Å². The van der Waals surface area contributed by atoms with Crippen molar-refractivity contribution >= 4 is 45.6 Å². The number of nitrogens with one attached hydrogen (secondary N) is 3. The van der Waals surface area contributed by atoms with Crippen LogP contribution in [0.1, 0.15) is 10.4 Å². The monoisotopic (exact) mass is 546 g/mol. The van der Waals surface area contributed by atoms with Crippen molar-refractivity contribution in [2.24, 2.45) is 7.05 Å². The van der Waals surface area contributed by atoms with E-state index in [2.05, 4.69) is 37.1 Å². The third kappa shape index (κ3) is 7.20. The molecule has 10 nitrogen and oxygen atoms in total. The number of carbonyl (C=O) groups excluding carboxylic acids is 2. The number of likely N-dealkylation sites (N-methyl/N-ethyl adjacent to an activating group) is 1. The van der Waals surface area contributed by atoms with Crippen LogP contribution < -0.4 is 16.0 Å². The van der Waals surface area contributed by atoms with Gasteiger partial charge in [-0.3, -0.25) is 14.3 Å². The van der Waals surface area contributed by atoms with Crippen molar-refractivity contribution in [2.45, 2.75) is 0 Å². The first-order chi connectivity index (χ1) is 19.8. The second kappa shape index (κ2) is 12.2. The van der Waals surface area contributed by atoms with E-state index in [1.807, 2.05) is 74.7 Å². The Morgan fingerprint density at radius 1 is 0.902 bits per heavy atom. The summed E-state index contributed by atoms with van der Waals surface area (Å²) in [4.78, 5) is 35.6. The molecule has 0 aliphatic rings. The van der Waals surface area contributed by atoms with Gasteiger partial charge in [-0.2, -0.15) is 5.10 Å². The Balaban J connectivity index is 1.22. The van der Waals surface area contributed by atoms with E-state index in [0.29, 0.717) is 29.3 Å². The zero-order valence-electron chi connectivity index (χ0n) is 23.0. The molecule has 0 radical (unpaired) electrons. The van der Waals surface area contributed by atoms with Crippen LogP contribution in [-0.4, -0.2) is 57.1 Å². The molecule has 0 spiro atoms. The molecule has 41 heavy (non-hydrogen) atoms. The summed E-state index contributed by atoms with van der Waals surface area (Å²) >= 11 is 0. The van der Waals surface area contributed by atoms with Crippen molar-refractivity contribution in [3.05, 3.63) is 103 Å². The molecule has 3 N–H and O–H groups in total. The number of aryl methyl sites for hydroxylation is 1. The molecule has 5 aromatic rings. The maximum absolute atomic E-state index is 12.9. The zero-order valence-corrected chi connectivity index (χ0v) is 23.0. The number of hydrogen-bond donors (Lipinski definition) is 3. The third-order valence-electron chi connectivity index (χ3n) is 6.13. The normalized spacial score (nSPS) is 11.2. The SMILES string of the molecule is CN(C)CC=CC(=O)Nc1ccc(C(=O)Nc2cccc(Nc3cc(-c4ccc5nn(C)cc5c4)ncn3)c2)cc1. The average molecular weight is 547 g/mol. The summed E-state index contributed by atoms with van der Waals surface area (Å²) in [5.41, 5.74) is 5.13. The van der Waals surface area contributed by atoms with Crippen molar-refractivity contribution in [2.75, 3.05) is 36.6 Å². The van der Waals surface area contributed by atoms with Gasteiger partial charge in [0.05, 0.1) is 11.2 Å². The molecule has 0 aliphatic carbocycles. The van der Waals surface area contributed by atoms with E-state index in [0.717, 1.165) is 27.8 Å². The minimum absolute atomic E-state index is 0.223. The summed E-state index contributed by atoms with van der Waals surface area (Å²) in [6.07, 6.45) is 6.76. The third-order valence-corrected chi connectivity index (χ3v) is 6.13. The van der Waals surface area contributed by atoms with Gasteiger partial charge in [0.25, 0.3) is 5.91 Å². The summed E-state index contributed by atoms with van der Waals surface area (Å²) in [5.74, 6) is 0.138. The molecule has 5 rings (SSSR count). The molecule has 0 bridgehead atoms. The van der Waals surface area contributed by atoms with E-state index in [1.54, 1.807) is 35.0 Å². The van der Waals surface area contributed by atoms with Crippen LogP contribution in [0.4, 0.5) is 22.9 Å². The smallest absolute Gasteiger partial charge is 0.255 e. The fourth-order valence-electron chi connectivity index (χ4n) is 4.18. The molecule has 3 aromatic carbocycles. The number of amides is 2. The van der Waals surface area contributed by atoms with Crippen molar-refractivity contribution in [3.63, 3.8) is 0 Å². The molecule has 2 heterocycles. The standard InChI is InChI=1S/C31H30N8O2/c1-38(2)15-5-8-30(40)35-24-12-9-21(10-13-24)31(41)36-26-7-4-6-25(17-26)34-29-18-28(32-20-33-29)22-11-14-27-23(16-22)19-39(3)37-27/h4-14,16-20H,15H2,1-3H3,(H,35,40)(H,36,41)(H,32,33,34). The van der Waals surface area contributed by atoms with Gasteiger partial charge in [-0.25, -0.2) is 9.97 Å². The molecule has 0 unspecified atom stereocenters. The van der Waals surface area contributed by atoms with E-state index < -0.39 is 0 Å². The molecule has 2 aromatic heterocycles. The van der Waals surface area contributed by atoms with Crippen LogP contribution in [0.15, 0.2) is 97.5 Å². The van der Waals surface area contributed by atoms with E-state index >= 15 is 0 Å². The summed E-state index contributed by atoms with van der Waals surface area (Å²) in [6, 6.07) is 22.0. The van der Waals surface area contributed by atoms with Gasteiger partial charge in [0.15, 0.2) is 0 Å². The molecular formula is C31H30N8O2. The number of nitrogens with zero attached hydrogens (tertiary/aromatic N) is 5. The van der Waals surface area contributed by atoms with Crippen LogP contribution in [0.2, 0.25) is 0 Å². The van der Waals surface area contributed by atoms with Crippen molar-refractivity contribution in [1.82, 2.24) is 24.6 Å². The number of hydrogen-bond acceptors (Lipinski definition) is 7. The predicted octanol–water partition coefficient (Wildman–Crippen LogP) is 5.08. The van der Waals surface area contributed by atoms with Gasteiger partial charge in [0, 0.05) is 65.5 Å². The first-order valence-electron chi connectivity index (χ1n) is 13.0. The van der Waals surface area contributed by atoms with E-state index in [1.165, 1.54) is 12.4 Å². The first-order valence-corrected chi connectivity index (χ1v) is 13.0. The van der Waals surface area contributed by atoms with E-state index in [9.17, 15) is 9.59 Å². The minimum Gasteiger partial charge on any atom is -0.340 e. The predicted molar refractivity (Wildman–Crippen MR) is 162 cm³/mol. The van der Waals surface area contributed by atoms with Gasteiger partial charge >= 0.3 is 0 Å². The summed E-state index contributed by atoms with van der Waals surface area (Å²) < 4.78 is 1.79. The van der Waals surface area contributed by atoms with E-state index in [4.69, 9.17) is 0 Å². The van der Waals surface area contributed by atoms with Crippen LogP contribution >= 0.6 is 0 Å². The second-order valence-corrected chi connectivity index (χ2v) is 9.76. The van der Waals surface area contributed by atoms with Crippen molar-refractivity contribution < 1.29 is 9.59 Å². The van der Waals surface area contributed by atoms with Crippen LogP contribution in [0.5, 0.6) is 0 Å². The lowest BCUT2D eigenvalue weighted by atomic mass is 10.1. The van der Waals surface area contributed by atoms with Gasteiger partial charge in [0.2, 0.25) is 5.91 Å². The highest BCUT2D eigenvalue weighted by atomic mass is 16.2. The number of rotatable bonds is 9. The molecule has 0 saturated carbocycles. The van der Waals surface area contributed by atoms with Crippen molar-refractivity contribution in [3.8, 4) is 11.3 Å². The Labute approximate surface area is 237 Å². The number of benzene rings is 3. The Kier molecular flexibility index (Phi) is 8.12. The van der Waals surface area contributed by atoms with Crippen molar-refractivity contribution in [1.29, 1.82) is 0 Å². The highest BCUT2D eigenvalue weighted by molar-refractivity contribution is 6.05. The van der Waals surface area contributed by atoms with Gasteiger partial charge in [-0.15, -0.1) is 0 Å². The van der Waals surface area contributed by atoms with Crippen LogP contribution in [0.25, 0.3) is 22.2 Å². The van der Waals surface area contributed by atoms with Crippen LogP contribution in [0, 0.1) is 0 Å². The molecular weight excluding hydrogens is 516 g/mol. The van der Waals surface area contributed by atoms with E-state index in [-0.39, 0.29) is 11.8 Å². The lowest BCUT2D eigenvalue weighted by Crippen LogP contribution is -2.13. The molecule has 0 saturated heterocycles. The summed E-state index contributed by atoms with van der Waals surface area (Å²) in [7, 11) is 5.75. The number of anilines is 4. The van der Waals surface area contributed by atoms with Gasteiger partial charge in [-0.05, 0) is 68.7 Å². The molecule has 10 heteroatoms. The van der Waals surface area contributed by atoms with Crippen LogP contribution in [-0.2, 0) is 11.8 Å². The number of carbonyl (C=O) groups is 2. The Bertz CT molecular complexity index is 1720. The molecule has 206 valence electrons. The Morgan fingerprint density at radius 2 is 1.71 bits per heavy atom. The Hall–Kier alpha value is -5.35. The topological polar surface area (TPSA) is 117 Å². The largest absolute Gasteiger partial charge is 0.340 e. The maximum Gasteiger partial charge on any atom is 0.255 e. The Morgan fingerprint density at radius 3 is 2.51 bits per heavy atom. The zero-order chi connectivity index (χ0) is 28.8. The fraction of sp³-hybridized carbons (Fsp3) is 0.129. The molecule has 0 fully saturated rings. The first kappa shape index (κ1) is 27.2. The number of aromatic nitrogens is 4. The maximum atomic E-state index is 12.9. The molecule has 2 amide bonds.